The molecule has 0 aliphatic carbocycles. The van der Waals surface area contributed by atoms with E-state index in [1.54, 1.807) is 12.1 Å². The minimum absolute atomic E-state index is 0.680. The standard InChI is InChI=1S/C20H17NO/c1-15-5-2-3-8-20(15)17-6-4-7-19(13-17)21-18-11-9-16(14-22)10-12-18/h2-14,21H,1H3. The largest absolute Gasteiger partial charge is 0.356 e. The maximum Gasteiger partial charge on any atom is 0.150 e. The van der Waals surface area contributed by atoms with Gasteiger partial charge in [-0.05, 0) is 60.0 Å². The molecule has 0 amide bonds. The Kier molecular flexibility index (Phi) is 4.01. The van der Waals surface area contributed by atoms with Crippen molar-refractivity contribution >= 4 is 17.7 Å². The average Bonchev–Trinajstić information content (AvgIpc) is 2.56. The molecule has 0 spiro atoms. The zero-order chi connectivity index (χ0) is 15.4. The third-order valence-electron chi connectivity index (χ3n) is 3.65. The van der Waals surface area contributed by atoms with Crippen LogP contribution in [-0.2, 0) is 0 Å². The molecular weight excluding hydrogens is 270 g/mol. The van der Waals surface area contributed by atoms with E-state index in [0.29, 0.717) is 5.56 Å². The van der Waals surface area contributed by atoms with Gasteiger partial charge in [0.25, 0.3) is 0 Å². The zero-order valence-electron chi connectivity index (χ0n) is 12.4. The van der Waals surface area contributed by atoms with Crippen LogP contribution in [0.15, 0.2) is 72.8 Å². The highest BCUT2D eigenvalue weighted by Gasteiger charge is 2.02. The molecule has 22 heavy (non-hydrogen) atoms. The van der Waals surface area contributed by atoms with Gasteiger partial charge in [0.2, 0.25) is 0 Å². The van der Waals surface area contributed by atoms with Gasteiger partial charge in [-0.15, -0.1) is 0 Å². The maximum atomic E-state index is 10.7. The van der Waals surface area contributed by atoms with Crippen molar-refractivity contribution in [2.75, 3.05) is 5.32 Å². The van der Waals surface area contributed by atoms with E-state index in [-0.39, 0.29) is 0 Å². The molecule has 0 aliphatic heterocycles. The lowest BCUT2D eigenvalue weighted by Gasteiger charge is -2.10. The Morgan fingerprint density at radius 3 is 2.32 bits per heavy atom. The summed E-state index contributed by atoms with van der Waals surface area (Å²) < 4.78 is 0. The molecule has 0 aromatic heterocycles. The summed E-state index contributed by atoms with van der Waals surface area (Å²) in [6.45, 7) is 2.12. The molecule has 0 atom stereocenters. The van der Waals surface area contributed by atoms with E-state index in [9.17, 15) is 4.79 Å². The average molecular weight is 287 g/mol. The number of carbonyl (C=O) groups is 1. The predicted octanol–water partition coefficient (Wildman–Crippen LogP) is 5.22. The Morgan fingerprint density at radius 2 is 1.59 bits per heavy atom. The highest BCUT2D eigenvalue weighted by molar-refractivity contribution is 5.77. The van der Waals surface area contributed by atoms with Gasteiger partial charge in [0.15, 0.2) is 0 Å². The quantitative estimate of drug-likeness (QED) is 0.667. The summed E-state index contributed by atoms with van der Waals surface area (Å²) in [6, 6.07) is 24.1. The molecule has 0 fully saturated rings. The summed E-state index contributed by atoms with van der Waals surface area (Å²) in [5.74, 6) is 0. The minimum Gasteiger partial charge on any atom is -0.356 e. The van der Waals surface area contributed by atoms with Crippen LogP contribution < -0.4 is 5.32 Å². The van der Waals surface area contributed by atoms with Gasteiger partial charge in [0.1, 0.15) is 6.29 Å². The van der Waals surface area contributed by atoms with Crippen LogP contribution in [0.1, 0.15) is 15.9 Å². The number of carbonyl (C=O) groups excluding carboxylic acids is 1. The lowest BCUT2D eigenvalue weighted by Crippen LogP contribution is -1.91. The Bertz CT molecular complexity index is 791. The van der Waals surface area contributed by atoms with E-state index in [0.717, 1.165) is 17.7 Å². The number of rotatable bonds is 4. The van der Waals surface area contributed by atoms with E-state index in [1.165, 1.54) is 16.7 Å². The van der Waals surface area contributed by atoms with Crippen LogP contribution in [-0.4, -0.2) is 6.29 Å². The van der Waals surface area contributed by atoms with E-state index in [4.69, 9.17) is 0 Å². The summed E-state index contributed by atoms with van der Waals surface area (Å²) >= 11 is 0. The lowest BCUT2D eigenvalue weighted by atomic mass is 10.0. The van der Waals surface area contributed by atoms with Gasteiger partial charge in [-0.1, -0.05) is 36.4 Å². The maximum absolute atomic E-state index is 10.7. The number of aldehydes is 1. The minimum atomic E-state index is 0.680. The molecule has 2 heteroatoms. The molecule has 3 aromatic rings. The van der Waals surface area contributed by atoms with Crippen LogP contribution in [0.25, 0.3) is 11.1 Å². The smallest absolute Gasteiger partial charge is 0.150 e. The van der Waals surface area contributed by atoms with Gasteiger partial charge in [-0.2, -0.15) is 0 Å². The van der Waals surface area contributed by atoms with E-state index in [1.807, 2.05) is 24.3 Å². The van der Waals surface area contributed by atoms with E-state index in [2.05, 4.69) is 48.6 Å². The first kappa shape index (κ1) is 14.1. The Balaban J connectivity index is 1.87. The van der Waals surface area contributed by atoms with Gasteiger partial charge in [0, 0.05) is 16.9 Å². The summed E-state index contributed by atoms with van der Waals surface area (Å²) in [6.07, 6.45) is 0.850. The fraction of sp³-hybridized carbons (Fsp3) is 0.0500. The van der Waals surface area contributed by atoms with Crippen LogP contribution in [0.4, 0.5) is 11.4 Å². The van der Waals surface area contributed by atoms with Crippen molar-refractivity contribution in [1.82, 2.24) is 0 Å². The molecule has 0 heterocycles. The Labute approximate surface area is 130 Å². The number of benzene rings is 3. The first-order valence-electron chi connectivity index (χ1n) is 7.24. The normalized spacial score (nSPS) is 10.2. The second kappa shape index (κ2) is 6.27. The summed E-state index contributed by atoms with van der Waals surface area (Å²) in [5.41, 5.74) is 6.36. The van der Waals surface area contributed by atoms with Crippen molar-refractivity contribution in [2.45, 2.75) is 6.92 Å². The van der Waals surface area contributed by atoms with E-state index < -0.39 is 0 Å². The lowest BCUT2D eigenvalue weighted by molar-refractivity contribution is 0.112. The first-order valence-corrected chi connectivity index (χ1v) is 7.24. The molecular formula is C20H17NO. The second-order valence-electron chi connectivity index (χ2n) is 5.26. The predicted molar refractivity (Wildman–Crippen MR) is 91.7 cm³/mol. The molecule has 2 nitrogen and oxygen atoms in total. The second-order valence-corrected chi connectivity index (χ2v) is 5.26. The van der Waals surface area contributed by atoms with Crippen molar-refractivity contribution in [3.63, 3.8) is 0 Å². The summed E-state index contributed by atoms with van der Waals surface area (Å²) in [7, 11) is 0. The molecule has 3 rings (SSSR count). The van der Waals surface area contributed by atoms with Crippen molar-refractivity contribution in [1.29, 1.82) is 0 Å². The van der Waals surface area contributed by atoms with Crippen molar-refractivity contribution in [3.8, 4) is 11.1 Å². The summed E-state index contributed by atoms with van der Waals surface area (Å²) in [5, 5.41) is 3.37. The van der Waals surface area contributed by atoms with Gasteiger partial charge >= 0.3 is 0 Å². The molecule has 3 aromatic carbocycles. The SMILES string of the molecule is Cc1ccccc1-c1cccc(Nc2ccc(C=O)cc2)c1. The topological polar surface area (TPSA) is 29.1 Å². The molecule has 0 unspecified atom stereocenters. The fourth-order valence-corrected chi connectivity index (χ4v) is 2.47. The first-order chi connectivity index (χ1) is 10.8. The third-order valence-corrected chi connectivity index (χ3v) is 3.65. The highest BCUT2D eigenvalue weighted by atomic mass is 16.1. The van der Waals surface area contributed by atoms with Crippen LogP contribution in [0.3, 0.4) is 0 Å². The number of aryl methyl sites for hydroxylation is 1. The van der Waals surface area contributed by atoms with Gasteiger partial charge in [-0.3, -0.25) is 4.79 Å². The number of anilines is 2. The molecule has 0 aliphatic rings. The van der Waals surface area contributed by atoms with Crippen molar-refractivity contribution in [3.05, 3.63) is 83.9 Å². The highest BCUT2D eigenvalue weighted by Crippen LogP contribution is 2.27. The molecule has 1 N–H and O–H groups in total. The van der Waals surface area contributed by atoms with Gasteiger partial charge in [0.05, 0.1) is 0 Å². The van der Waals surface area contributed by atoms with E-state index >= 15 is 0 Å². The number of nitrogens with one attached hydrogen (secondary N) is 1. The van der Waals surface area contributed by atoms with Crippen molar-refractivity contribution < 1.29 is 4.79 Å². The summed E-state index contributed by atoms with van der Waals surface area (Å²) in [4.78, 5) is 10.7. The third kappa shape index (κ3) is 3.07. The van der Waals surface area contributed by atoms with Crippen LogP contribution in [0.5, 0.6) is 0 Å². The molecule has 0 saturated carbocycles. The van der Waals surface area contributed by atoms with Crippen LogP contribution in [0, 0.1) is 6.92 Å². The zero-order valence-corrected chi connectivity index (χ0v) is 12.4. The molecule has 108 valence electrons. The van der Waals surface area contributed by atoms with Gasteiger partial charge < -0.3 is 5.32 Å². The molecule has 0 radical (unpaired) electrons. The number of hydrogen-bond acceptors (Lipinski definition) is 2. The molecule has 0 saturated heterocycles. The number of hydrogen-bond donors (Lipinski definition) is 1. The van der Waals surface area contributed by atoms with Crippen LogP contribution in [0.2, 0.25) is 0 Å². The Hall–Kier alpha value is -2.87. The van der Waals surface area contributed by atoms with Gasteiger partial charge in [-0.25, -0.2) is 0 Å². The monoisotopic (exact) mass is 287 g/mol. The Morgan fingerprint density at radius 1 is 0.818 bits per heavy atom. The molecule has 0 bridgehead atoms. The van der Waals surface area contributed by atoms with Crippen molar-refractivity contribution in [2.24, 2.45) is 0 Å². The fourth-order valence-electron chi connectivity index (χ4n) is 2.47. The van der Waals surface area contributed by atoms with Crippen LogP contribution >= 0.6 is 0 Å².